The minimum Gasteiger partial charge on any atom is -0.466 e. The van der Waals surface area contributed by atoms with Crippen LogP contribution in [0, 0.1) is 5.92 Å². The van der Waals surface area contributed by atoms with Crippen molar-refractivity contribution in [2.45, 2.75) is 38.6 Å². The molecule has 1 saturated heterocycles. The molecule has 6 heteroatoms. The Kier molecular flexibility index (Phi) is 6.98. The van der Waals surface area contributed by atoms with Gasteiger partial charge in [0.05, 0.1) is 13.7 Å². The van der Waals surface area contributed by atoms with Crippen molar-refractivity contribution in [2.24, 2.45) is 5.92 Å². The van der Waals surface area contributed by atoms with Crippen LogP contribution < -0.4 is 0 Å². The summed E-state index contributed by atoms with van der Waals surface area (Å²) in [7, 11) is 1.36. The van der Waals surface area contributed by atoms with Gasteiger partial charge in [0.15, 0.2) is 0 Å². The lowest BCUT2D eigenvalue weighted by molar-refractivity contribution is -0.146. The van der Waals surface area contributed by atoms with Crippen LogP contribution in [0.5, 0.6) is 0 Å². The maximum absolute atomic E-state index is 12.4. The molecular formula is C19H25NO5. The van der Waals surface area contributed by atoms with Gasteiger partial charge in [0, 0.05) is 18.5 Å². The van der Waals surface area contributed by atoms with E-state index in [0.717, 1.165) is 5.56 Å². The molecule has 2 atom stereocenters. The minimum atomic E-state index is -0.484. The quantitative estimate of drug-likeness (QED) is 0.584. The summed E-state index contributed by atoms with van der Waals surface area (Å²) in [5.74, 6) is -0.831. The van der Waals surface area contributed by atoms with E-state index in [1.165, 1.54) is 7.11 Å². The molecule has 25 heavy (non-hydrogen) atoms. The number of ketones is 1. The highest BCUT2D eigenvalue weighted by Crippen LogP contribution is 2.27. The van der Waals surface area contributed by atoms with Gasteiger partial charge in [0.2, 0.25) is 0 Å². The Morgan fingerprint density at radius 2 is 1.92 bits per heavy atom. The number of hydrogen-bond donors (Lipinski definition) is 0. The Hall–Kier alpha value is -2.37. The van der Waals surface area contributed by atoms with E-state index in [-0.39, 0.29) is 36.9 Å². The Balaban J connectivity index is 2.06. The second kappa shape index (κ2) is 9.20. The van der Waals surface area contributed by atoms with Crippen molar-refractivity contribution in [2.75, 3.05) is 20.3 Å². The maximum atomic E-state index is 12.4. The molecule has 0 aromatic heterocycles. The number of carbonyl (C=O) groups is 3. The number of piperidine rings is 1. The molecule has 1 aromatic carbocycles. The number of rotatable bonds is 6. The smallest absolute Gasteiger partial charge is 0.409 e. The van der Waals surface area contributed by atoms with Crippen molar-refractivity contribution in [1.29, 1.82) is 0 Å². The molecule has 1 heterocycles. The molecule has 1 aliphatic heterocycles. The summed E-state index contributed by atoms with van der Waals surface area (Å²) in [6, 6.07) is 9.71. The van der Waals surface area contributed by atoms with E-state index in [1.54, 1.807) is 11.8 Å². The van der Waals surface area contributed by atoms with Crippen LogP contribution in [0.1, 0.15) is 31.7 Å². The van der Waals surface area contributed by atoms with Gasteiger partial charge >= 0.3 is 12.1 Å². The monoisotopic (exact) mass is 347 g/mol. The first kappa shape index (κ1) is 19.0. The van der Waals surface area contributed by atoms with Gasteiger partial charge in [-0.1, -0.05) is 30.3 Å². The number of hydrogen-bond acceptors (Lipinski definition) is 5. The van der Waals surface area contributed by atoms with E-state index in [4.69, 9.17) is 9.47 Å². The number of benzene rings is 1. The van der Waals surface area contributed by atoms with Crippen molar-refractivity contribution < 1.29 is 23.9 Å². The summed E-state index contributed by atoms with van der Waals surface area (Å²) < 4.78 is 9.74. The molecule has 2 rings (SSSR count). The van der Waals surface area contributed by atoms with E-state index >= 15 is 0 Å². The third-order valence-corrected chi connectivity index (χ3v) is 4.52. The SMILES string of the molecule is CCOC(=O)CC(=O)[C@H]1CCN(C(=O)OC)[C@@H](Cc2ccccc2)C1. The fourth-order valence-electron chi connectivity index (χ4n) is 3.28. The van der Waals surface area contributed by atoms with Gasteiger partial charge in [0.1, 0.15) is 12.2 Å². The molecule has 1 aromatic rings. The first-order valence-corrected chi connectivity index (χ1v) is 8.62. The summed E-state index contributed by atoms with van der Waals surface area (Å²) in [5, 5.41) is 0. The Labute approximate surface area is 148 Å². The van der Waals surface area contributed by atoms with Crippen LogP contribution in [0.25, 0.3) is 0 Å². The van der Waals surface area contributed by atoms with Crippen LogP contribution in [0.3, 0.4) is 0 Å². The molecule has 136 valence electrons. The number of esters is 1. The molecule has 0 unspecified atom stereocenters. The van der Waals surface area contributed by atoms with Gasteiger partial charge in [-0.2, -0.15) is 0 Å². The number of likely N-dealkylation sites (tertiary alicyclic amines) is 1. The average Bonchev–Trinajstić information content (AvgIpc) is 2.62. The zero-order valence-corrected chi connectivity index (χ0v) is 14.8. The van der Waals surface area contributed by atoms with Crippen LogP contribution in [0.15, 0.2) is 30.3 Å². The van der Waals surface area contributed by atoms with Crippen molar-refractivity contribution in [3.63, 3.8) is 0 Å². The van der Waals surface area contributed by atoms with E-state index < -0.39 is 5.97 Å². The molecule has 0 radical (unpaired) electrons. The van der Waals surface area contributed by atoms with Gasteiger partial charge in [-0.25, -0.2) is 4.79 Å². The first-order chi connectivity index (χ1) is 12.0. The predicted octanol–water partition coefficient (Wildman–Crippen LogP) is 2.60. The number of nitrogens with zero attached hydrogens (tertiary/aromatic N) is 1. The van der Waals surface area contributed by atoms with Gasteiger partial charge < -0.3 is 14.4 Å². The molecule has 1 fully saturated rings. The lowest BCUT2D eigenvalue weighted by atomic mass is 9.84. The third kappa shape index (κ3) is 5.31. The molecule has 0 saturated carbocycles. The first-order valence-electron chi connectivity index (χ1n) is 8.62. The van der Waals surface area contributed by atoms with Crippen LogP contribution in [-0.4, -0.2) is 49.0 Å². The highest BCUT2D eigenvalue weighted by molar-refractivity contribution is 5.96. The molecule has 0 spiro atoms. The second-order valence-electron chi connectivity index (χ2n) is 6.18. The van der Waals surface area contributed by atoms with Crippen molar-refractivity contribution >= 4 is 17.8 Å². The van der Waals surface area contributed by atoms with Gasteiger partial charge in [0.25, 0.3) is 0 Å². The van der Waals surface area contributed by atoms with Crippen LogP contribution in [-0.2, 0) is 25.5 Å². The molecule has 0 bridgehead atoms. The van der Waals surface area contributed by atoms with E-state index in [1.807, 2.05) is 30.3 Å². The van der Waals surface area contributed by atoms with Gasteiger partial charge in [-0.15, -0.1) is 0 Å². The third-order valence-electron chi connectivity index (χ3n) is 4.52. The molecular weight excluding hydrogens is 322 g/mol. The van der Waals surface area contributed by atoms with Crippen molar-refractivity contribution in [3.05, 3.63) is 35.9 Å². The standard InChI is InChI=1S/C19H25NO5/c1-3-25-18(22)13-17(21)15-9-10-20(19(23)24-2)16(12-15)11-14-7-5-4-6-8-14/h4-8,15-16H,3,9-13H2,1-2H3/t15-,16-/m0/s1. The average molecular weight is 347 g/mol. The number of ether oxygens (including phenoxy) is 2. The number of Topliss-reactive ketones (excluding diaryl/α,β-unsaturated/α-hetero) is 1. The normalized spacial score (nSPS) is 20.0. The molecule has 6 nitrogen and oxygen atoms in total. The highest BCUT2D eigenvalue weighted by atomic mass is 16.5. The Morgan fingerprint density at radius 3 is 2.56 bits per heavy atom. The molecule has 1 amide bonds. The number of methoxy groups -OCH3 is 1. The summed E-state index contributed by atoms with van der Waals surface area (Å²) >= 11 is 0. The Morgan fingerprint density at radius 1 is 1.20 bits per heavy atom. The Bertz CT molecular complexity index is 601. The number of amides is 1. The van der Waals surface area contributed by atoms with Gasteiger partial charge in [-0.05, 0) is 31.7 Å². The lowest BCUT2D eigenvalue weighted by Crippen LogP contribution is -2.48. The summed E-state index contributed by atoms with van der Waals surface area (Å²) in [5.41, 5.74) is 1.10. The zero-order valence-electron chi connectivity index (χ0n) is 14.8. The van der Waals surface area contributed by atoms with Crippen LogP contribution >= 0.6 is 0 Å². The van der Waals surface area contributed by atoms with Crippen LogP contribution in [0.2, 0.25) is 0 Å². The lowest BCUT2D eigenvalue weighted by Gasteiger charge is -2.38. The predicted molar refractivity (Wildman–Crippen MR) is 92.0 cm³/mol. The summed E-state index contributed by atoms with van der Waals surface area (Å²) in [6.45, 7) is 2.43. The number of carbonyl (C=O) groups excluding carboxylic acids is 3. The maximum Gasteiger partial charge on any atom is 0.409 e. The second-order valence-corrected chi connectivity index (χ2v) is 6.18. The molecule has 0 aliphatic carbocycles. The summed E-state index contributed by atoms with van der Waals surface area (Å²) in [4.78, 5) is 37.7. The topological polar surface area (TPSA) is 72.9 Å². The van der Waals surface area contributed by atoms with E-state index in [9.17, 15) is 14.4 Å². The fourth-order valence-corrected chi connectivity index (χ4v) is 3.28. The van der Waals surface area contributed by atoms with E-state index in [0.29, 0.717) is 25.8 Å². The molecule has 0 N–H and O–H groups in total. The highest BCUT2D eigenvalue weighted by Gasteiger charge is 2.35. The minimum absolute atomic E-state index is 0.110. The fraction of sp³-hybridized carbons (Fsp3) is 0.526. The van der Waals surface area contributed by atoms with Crippen molar-refractivity contribution in [1.82, 2.24) is 4.90 Å². The largest absolute Gasteiger partial charge is 0.466 e. The summed E-state index contributed by atoms with van der Waals surface area (Å²) in [6.07, 6.45) is 1.15. The van der Waals surface area contributed by atoms with Crippen LogP contribution in [0.4, 0.5) is 4.79 Å². The van der Waals surface area contributed by atoms with Gasteiger partial charge in [-0.3, -0.25) is 9.59 Å². The molecule has 1 aliphatic rings. The van der Waals surface area contributed by atoms with Crippen molar-refractivity contribution in [3.8, 4) is 0 Å². The zero-order chi connectivity index (χ0) is 18.2. The van der Waals surface area contributed by atoms with E-state index in [2.05, 4.69) is 0 Å².